The lowest BCUT2D eigenvalue weighted by Gasteiger charge is -2.21. The van der Waals surface area contributed by atoms with E-state index >= 15 is 0 Å². The third kappa shape index (κ3) is 4.66. The number of carbonyl (C=O) groups is 1. The van der Waals surface area contributed by atoms with Crippen molar-refractivity contribution in [1.29, 1.82) is 0 Å². The van der Waals surface area contributed by atoms with Crippen LogP contribution in [0.3, 0.4) is 0 Å². The predicted molar refractivity (Wildman–Crippen MR) is 115 cm³/mol. The molecule has 0 aliphatic rings. The van der Waals surface area contributed by atoms with Crippen molar-refractivity contribution < 1.29 is 17.9 Å². The summed E-state index contributed by atoms with van der Waals surface area (Å²) in [6.45, 7) is 2.08. The summed E-state index contributed by atoms with van der Waals surface area (Å²) in [5.74, 6) is -1.45. The first-order valence-electron chi connectivity index (χ1n) is 9.11. The zero-order valence-corrected chi connectivity index (χ0v) is 17.4. The SMILES string of the molecule is COC(=O)CS(=O)(=O)c1ccc(N(C)c2cccc(-c3ccccc3C)c2)cc1. The van der Waals surface area contributed by atoms with Crippen LogP contribution < -0.4 is 4.90 Å². The van der Waals surface area contributed by atoms with Crippen molar-refractivity contribution in [3.05, 3.63) is 78.4 Å². The predicted octanol–water partition coefficient (Wildman–Crippen LogP) is 4.38. The smallest absolute Gasteiger partial charge is 0.321 e. The third-order valence-electron chi connectivity index (χ3n) is 4.81. The van der Waals surface area contributed by atoms with Crippen molar-refractivity contribution in [2.75, 3.05) is 24.8 Å². The van der Waals surface area contributed by atoms with Crippen LogP contribution >= 0.6 is 0 Å². The minimum Gasteiger partial charge on any atom is -0.468 e. The van der Waals surface area contributed by atoms with Gasteiger partial charge in [-0.2, -0.15) is 0 Å². The molecule has 3 rings (SSSR count). The highest BCUT2D eigenvalue weighted by molar-refractivity contribution is 7.92. The second-order valence-electron chi connectivity index (χ2n) is 6.75. The van der Waals surface area contributed by atoms with Crippen LogP contribution in [0.1, 0.15) is 5.56 Å². The molecule has 0 aliphatic carbocycles. The molecule has 29 heavy (non-hydrogen) atoms. The summed E-state index contributed by atoms with van der Waals surface area (Å²) < 4.78 is 29.0. The maximum absolute atomic E-state index is 12.3. The van der Waals surface area contributed by atoms with E-state index in [0.717, 1.165) is 16.9 Å². The quantitative estimate of drug-likeness (QED) is 0.566. The summed E-state index contributed by atoms with van der Waals surface area (Å²) in [7, 11) is -0.626. The Bertz CT molecular complexity index is 1120. The van der Waals surface area contributed by atoms with E-state index < -0.39 is 21.6 Å². The highest BCUT2D eigenvalue weighted by atomic mass is 32.2. The second kappa shape index (κ2) is 8.49. The van der Waals surface area contributed by atoms with Crippen LogP contribution in [0.25, 0.3) is 11.1 Å². The summed E-state index contributed by atoms with van der Waals surface area (Å²) >= 11 is 0. The van der Waals surface area contributed by atoms with E-state index in [1.165, 1.54) is 30.4 Å². The fraction of sp³-hybridized carbons (Fsp3) is 0.174. The molecule has 0 N–H and O–H groups in total. The summed E-state index contributed by atoms with van der Waals surface area (Å²) in [6, 6.07) is 22.9. The monoisotopic (exact) mass is 409 g/mol. The van der Waals surface area contributed by atoms with E-state index in [1.807, 2.05) is 36.2 Å². The van der Waals surface area contributed by atoms with Crippen molar-refractivity contribution in [3.8, 4) is 11.1 Å². The second-order valence-corrected chi connectivity index (χ2v) is 8.74. The molecule has 0 fully saturated rings. The number of benzene rings is 3. The topological polar surface area (TPSA) is 63.7 Å². The Balaban J connectivity index is 1.86. The Hall–Kier alpha value is -3.12. The molecule has 0 aromatic heterocycles. The average molecular weight is 410 g/mol. The van der Waals surface area contributed by atoms with Gasteiger partial charge >= 0.3 is 5.97 Å². The minimum atomic E-state index is -3.72. The lowest BCUT2D eigenvalue weighted by atomic mass is 10.00. The molecule has 0 unspecified atom stereocenters. The zero-order valence-electron chi connectivity index (χ0n) is 16.6. The first-order valence-corrected chi connectivity index (χ1v) is 10.8. The largest absolute Gasteiger partial charge is 0.468 e. The number of aryl methyl sites for hydroxylation is 1. The summed E-state index contributed by atoms with van der Waals surface area (Å²) in [5.41, 5.74) is 5.31. The Labute approximate surface area is 171 Å². The zero-order chi connectivity index (χ0) is 21.0. The van der Waals surface area contributed by atoms with E-state index in [4.69, 9.17) is 0 Å². The van der Waals surface area contributed by atoms with Crippen molar-refractivity contribution in [3.63, 3.8) is 0 Å². The van der Waals surface area contributed by atoms with Crippen molar-refractivity contribution in [2.24, 2.45) is 0 Å². The van der Waals surface area contributed by atoms with Gasteiger partial charge in [-0.25, -0.2) is 8.42 Å². The Morgan fingerprint density at radius 2 is 1.62 bits per heavy atom. The highest BCUT2D eigenvalue weighted by Crippen LogP contribution is 2.30. The normalized spacial score (nSPS) is 11.1. The molecule has 0 aliphatic heterocycles. The molecule has 150 valence electrons. The van der Waals surface area contributed by atoms with Gasteiger partial charge in [0.2, 0.25) is 0 Å². The lowest BCUT2D eigenvalue weighted by molar-refractivity contribution is -0.137. The lowest BCUT2D eigenvalue weighted by Crippen LogP contribution is -2.17. The van der Waals surface area contributed by atoms with Crippen molar-refractivity contribution in [2.45, 2.75) is 11.8 Å². The van der Waals surface area contributed by atoms with E-state index in [1.54, 1.807) is 12.1 Å². The number of esters is 1. The molecule has 3 aromatic carbocycles. The van der Waals surface area contributed by atoms with E-state index in [0.29, 0.717) is 0 Å². The number of hydrogen-bond donors (Lipinski definition) is 0. The van der Waals surface area contributed by atoms with Gasteiger partial charge in [0, 0.05) is 18.4 Å². The number of hydrogen-bond acceptors (Lipinski definition) is 5. The number of methoxy groups -OCH3 is 1. The van der Waals surface area contributed by atoms with Gasteiger partial charge < -0.3 is 9.64 Å². The van der Waals surface area contributed by atoms with Crippen LogP contribution in [-0.2, 0) is 19.4 Å². The molecule has 3 aromatic rings. The summed E-state index contributed by atoms with van der Waals surface area (Å²) in [4.78, 5) is 13.4. The molecule has 5 nitrogen and oxygen atoms in total. The summed E-state index contributed by atoms with van der Waals surface area (Å²) in [6.07, 6.45) is 0. The molecular weight excluding hydrogens is 386 g/mol. The molecule has 0 heterocycles. The maximum Gasteiger partial charge on any atom is 0.321 e. The Morgan fingerprint density at radius 1 is 0.931 bits per heavy atom. The molecule has 0 bridgehead atoms. The van der Waals surface area contributed by atoms with E-state index in [9.17, 15) is 13.2 Å². The Morgan fingerprint density at radius 3 is 2.28 bits per heavy atom. The van der Waals surface area contributed by atoms with Gasteiger partial charge in [-0.3, -0.25) is 4.79 Å². The summed E-state index contributed by atoms with van der Waals surface area (Å²) in [5, 5.41) is 0. The fourth-order valence-corrected chi connectivity index (χ4v) is 4.25. The van der Waals surface area contributed by atoms with Gasteiger partial charge in [0.25, 0.3) is 0 Å². The van der Waals surface area contributed by atoms with Crippen molar-refractivity contribution >= 4 is 27.2 Å². The average Bonchev–Trinajstić information content (AvgIpc) is 2.73. The molecule has 0 saturated carbocycles. The number of nitrogens with zero attached hydrogens (tertiary/aromatic N) is 1. The van der Waals surface area contributed by atoms with Crippen LogP contribution in [0.4, 0.5) is 11.4 Å². The number of rotatable bonds is 6. The first-order chi connectivity index (χ1) is 13.8. The molecule has 0 amide bonds. The van der Waals surface area contributed by atoms with Gasteiger partial charge in [-0.05, 0) is 60.0 Å². The van der Waals surface area contributed by atoms with Gasteiger partial charge in [0.1, 0.15) is 0 Å². The van der Waals surface area contributed by atoms with E-state index in [2.05, 4.69) is 35.9 Å². The van der Waals surface area contributed by atoms with Gasteiger partial charge in [-0.1, -0.05) is 36.4 Å². The van der Waals surface area contributed by atoms with Crippen LogP contribution in [0.2, 0.25) is 0 Å². The molecule has 6 heteroatoms. The van der Waals surface area contributed by atoms with Crippen LogP contribution in [-0.4, -0.2) is 34.3 Å². The van der Waals surface area contributed by atoms with Gasteiger partial charge in [0.15, 0.2) is 15.6 Å². The van der Waals surface area contributed by atoms with Gasteiger partial charge in [-0.15, -0.1) is 0 Å². The molecule has 0 spiro atoms. The van der Waals surface area contributed by atoms with Crippen molar-refractivity contribution in [1.82, 2.24) is 0 Å². The van der Waals surface area contributed by atoms with Gasteiger partial charge in [0.05, 0.1) is 12.0 Å². The third-order valence-corrected chi connectivity index (χ3v) is 6.41. The number of carbonyl (C=O) groups excluding carboxylic acids is 1. The van der Waals surface area contributed by atoms with E-state index in [-0.39, 0.29) is 4.90 Å². The first kappa shape index (κ1) is 20.6. The van der Waals surface area contributed by atoms with Crippen LogP contribution in [0.15, 0.2) is 77.7 Å². The minimum absolute atomic E-state index is 0.0914. The molecular formula is C23H23NO4S. The Kier molecular flexibility index (Phi) is 6.03. The number of sulfone groups is 1. The number of anilines is 2. The molecule has 0 radical (unpaired) electrons. The maximum atomic E-state index is 12.3. The molecule has 0 atom stereocenters. The van der Waals surface area contributed by atoms with Crippen LogP contribution in [0.5, 0.6) is 0 Å². The standard InChI is InChI=1S/C23H23NO4S/c1-17-7-4-5-10-22(17)18-8-6-9-20(15-18)24(2)19-11-13-21(14-12-19)29(26,27)16-23(25)28-3/h4-15H,16H2,1-3H3. The highest BCUT2D eigenvalue weighted by Gasteiger charge is 2.20. The van der Waals surface area contributed by atoms with Crippen LogP contribution in [0, 0.1) is 6.92 Å². The fourth-order valence-electron chi connectivity index (χ4n) is 3.10. The number of ether oxygens (including phenoxy) is 1. The molecule has 0 saturated heterocycles.